The SMILES string of the molecule is Cc1c(-c2ccc(Cl)cc2)cnc(N2CCCC(F)(F)CC2)c1C(=O)Nc1cccc([S@](C)(=N)=O)c1. The maximum Gasteiger partial charge on any atom is 0.259 e. The second-order valence-electron chi connectivity index (χ2n) is 9.02. The van der Waals surface area contributed by atoms with Crippen LogP contribution >= 0.6 is 11.6 Å². The van der Waals surface area contributed by atoms with Gasteiger partial charge in [0, 0.05) is 59.6 Å². The molecule has 2 aromatic carbocycles. The van der Waals surface area contributed by atoms with E-state index in [2.05, 4.69) is 10.3 Å². The summed E-state index contributed by atoms with van der Waals surface area (Å²) in [5.41, 5.74) is 2.84. The zero-order valence-electron chi connectivity index (χ0n) is 20.0. The van der Waals surface area contributed by atoms with Gasteiger partial charge in [0.05, 0.1) is 15.3 Å². The molecule has 3 aromatic rings. The van der Waals surface area contributed by atoms with E-state index in [0.29, 0.717) is 33.5 Å². The van der Waals surface area contributed by atoms with Crippen molar-refractivity contribution in [3.63, 3.8) is 0 Å². The van der Waals surface area contributed by atoms with Gasteiger partial charge in [-0.1, -0.05) is 29.8 Å². The van der Waals surface area contributed by atoms with Gasteiger partial charge >= 0.3 is 0 Å². The first-order valence-corrected chi connectivity index (χ1v) is 13.8. The molecule has 36 heavy (non-hydrogen) atoms. The van der Waals surface area contributed by atoms with Crippen LogP contribution in [0.15, 0.2) is 59.6 Å². The van der Waals surface area contributed by atoms with Gasteiger partial charge in [0.2, 0.25) is 5.92 Å². The molecule has 4 rings (SSSR count). The van der Waals surface area contributed by atoms with Gasteiger partial charge in [0.25, 0.3) is 5.91 Å². The average molecular weight is 533 g/mol. The van der Waals surface area contributed by atoms with E-state index in [1.807, 2.05) is 12.1 Å². The van der Waals surface area contributed by atoms with E-state index in [1.165, 1.54) is 12.3 Å². The number of anilines is 2. The Bertz CT molecular complexity index is 1400. The van der Waals surface area contributed by atoms with Crippen LogP contribution in [0.4, 0.5) is 20.3 Å². The van der Waals surface area contributed by atoms with Crippen molar-refractivity contribution >= 4 is 38.7 Å². The van der Waals surface area contributed by atoms with Crippen LogP contribution in [0.2, 0.25) is 5.02 Å². The summed E-state index contributed by atoms with van der Waals surface area (Å²) < 4.78 is 48.1. The van der Waals surface area contributed by atoms with Crippen molar-refractivity contribution in [2.24, 2.45) is 0 Å². The zero-order valence-corrected chi connectivity index (χ0v) is 21.6. The molecule has 0 aliphatic carbocycles. The third-order valence-corrected chi connectivity index (χ3v) is 7.67. The van der Waals surface area contributed by atoms with Gasteiger partial charge in [-0.3, -0.25) is 4.79 Å². The maximum absolute atomic E-state index is 14.1. The summed E-state index contributed by atoms with van der Waals surface area (Å²) in [7, 11) is -2.97. The number of halogens is 3. The molecule has 0 spiro atoms. The number of rotatable bonds is 5. The molecule has 0 saturated carbocycles. The van der Waals surface area contributed by atoms with Crippen LogP contribution in [0.3, 0.4) is 0 Å². The van der Waals surface area contributed by atoms with Crippen LogP contribution in [-0.2, 0) is 9.73 Å². The summed E-state index contributed by atoms with van der Waals surface area (Å²) in [4.78, 5) is 20.3. The van der Waals surface area contributed by atoms with Crippen molar-refractivity contribution < 1.29 is 17.8 Å². The third kappa shape index (κ3) is 5.84. The minimum atomic E-state index is -2.97. The molecule has 1 atom stereocenters. The van der Waals surface area contributed by atoms with Gasteiger partial charge < -0.3 is 10.2 Å². The summed E-state index contributed by atoms with van der Waals surface area (Å²) in [5, 5.41) is 3.40. The molecule has 10 heteroatoms. The first-order chi connectivity index (χ1) is 16.9. The second kappa shape index (κ2) is 10.1. The van der Waals surface area contributed by atoms with Crippen molar-refractivity contribution in [1.29, 1.82) is 4.78 Å². The quantitative estimate of drug-likeness (QED) is 0.386. The Morgan fingerprint density at radius 1 is 1.17 bits per heavy atom. The number of pyridine rings is 1. The molecule has 1 aliphatic heterocycles. The molecule has 0 bridgehead atoms. The van der Waals surface area contributed by atoms with Crippen molar-refractivity contribution in [1.82, 2.24) is 4.98 Å². The fourth-order valence-electron chi connectivity index (χ4n) is 4.31. The van der Waals surface area contributed by atoms with Gasteiger partial charge in [0.15, 0.2) is 0 Å². The minimum absolute atomic E-state index is 0.0756. The first kappa shape index (κ1) is 26.0. The smallest absolute Gasteiger partial charge is 0.259 e. The summed E-state index contributed by atoms with van der Waals surface area (Å²) in [6, 6.07) is 13.5. The van der Waals surface area contributed by atoms with E-state index < -0.39 is 21.6 Å². The zero-order chi connectivity index (χ0) is 26.1. The number of hydrogen-bond acceptors (Lipinski definition) is 5. The lowest BCUT2D eigenvalue weighted by Gasteiger charge is -2.26. The number of amides is 1. The predicted molar refractivity (Wildman–Crippen MR) is 140 cm³/mol. The Labute approximate surface area is 214 Å². The highest BCUT2D eigenvalue weighted by atomic mass is 35.5. The van der Waals surface area contributed by atoms with Gasteiger partial charge in [-0.2, -0.15) is 0 Å². The minimum Gasteiger partial charge on any atom is -0.356 e. The number of aromatic nitrogens is 1. The fraction of sp³-hybridized carbons (Fsp3) is 0.308. The largest absolute Gasteiger partial charge is 0.356 e. The van der Waals surface area contributed by atoms with E-state index >= 15 is 0 Å². The van der Waals surface area contributed by atoms with Crippen LogP contribution < -0.4 is 10.2 Å². The van der Waals surface area contributed by atoms with E-state index in [9.17, 15) is 17.8 Å². The van der Waals surface area contributed by atoms with E-state index in [0.717, 1.165) is 11.1 Å². The normalized spacial score (nSPS) is 17.2. The highest BCUT2D eigenvalue weighted by molar-refractivity contribution is 7.91. The molecule has 0 unspecified atom stereocenters. The number of alkyl halides is 2. The topological polar surface area (TPSA) is 86.2 Å². The lowest BCUT2D eigenvalue weighted by Crippen LogP contribution is -2.30. The van der Waals surface area contributed by atoms with Crippen molar-refractivity contribution in [2.45, 2.75) is 37.0 Å². The Balaban J connectivity index is 1.78. The van der Waals surface area contributed by atoms with Crippen LogP contribution in [-0.4, -0.2) is 40.4 Å². The van der Waals surface area contributed by atoms with Crippen molar-refractivity contribution in [3.05, 3.63) is 70.9 Å². The molecule has 1 fully saturated rings. The molecule has 190 valence electrons. The molecular formula is C26H27ClF2N4O2S. The van der Waals surface area contributed by atoms with Gasteiger partial charge in [-0.15, -0.1) is 0 Å². The van der Waals surface area contributed by atoms with Crippen molar-refractivity contribution in [3.8, 4) is 11.1 Å². The second-order valence-corrected chi connectivity index (χ2v) is 11.6. The summed E-state index contributed by atoms with van der Waals surface area (Å²) in [6.07, 6.45) is 2.73. The highest BCUT2D eigenvalue weighted by Crippen LogP contribution is 2.35. The van der Waals surface area contributed by atoms with Gasteiger partial charge in [-0.25, -0.2) is 22.8 Å². The molecule has 6 nitrogen and oxygen atoms in total. The van der Waals surface area contributed by atoms with Gasteiger partial charge in [-0.05, 0) is 54.8 Å². The Kier molecular flexibility index (Phi) is 7.33. The predicted octanol–water partition coefficient (Wildman–Crippen LogP) is 6.62. The summed E-state index contributed by atoms with van der Waals surface area (Å²) in [5.74, 6) is -2.87. The van der Waals surface area contributed by atoms with Gasteiger partial charge in [0.1, 0.15) is 5.82 Å². The standard InChI is InChI=1S/C26H27ClF2N4O2S/c1-17-22(18-7-9-19(27)10-8-18)16-31-24(33-13-4-11-26(28,29)12-14-33)23(17)25(34)32-20-5-3-6-21(15-20)36(2,30)35/h3,5-10,15-16,30H,4,11-14H2,1-2H3,(H,32,34)/t36-/m1/s1. The first-order valence-electron chi connectivity index (χ1n) is 11.5. The Morgan fingerprint density at radius 2 is 1.89 bits per heavy atom. The van der Waals surface area contributed by atoms with E-state index in [1.54, 1.807) is 48.4 Å². The number of hydrogen-bond donors (Lipinski definition) is 2. The molecular weight excluding hydrogens is 506 g/mol. The fourth-order valence-corrected chi connectivity index (χ4v) is 5.12. The number of nitrogens with one attached hydrogen (secondary N) is 2. The highest BCUT2D eigenvalue weighted by Gasteiger charge is 2.33. The number of carbonyl (C=O) groups is 1. The molecule has 2 N–H and O–H groups in total. The van der Waals surface area contributed by atoms with Crippen LogP contribution in [0.25, 0.3) is 11.1 Å². The average Bonchev–Trinajstić information content (AvgIpc) is 2.99. The molecule has 1 saturated heterocycles. The van der Waals surface area contributed by atoms with E-state index in [4.69, 9.17) is 16.4 Å². The number of benzene rings is 2. The monoisotopic (exact) mass is 532 g/mol. The van der Waals surface area contributed by atoms with Crippen molar-refractivity contribution in [2.75, 3.05) is 29.6 Å². The Hall–Kier alpha value is -3.04. The Morgan fingerprint density at radius 3 is 2.58 bits per heavy atom. The summed E-state index contributed by atoms with van der Waals surface area (Å²) in [6.45, 7) is 2.23. The molecule has 1 amide bonds. The lowest BCUT2D eigenvalue weighted by molar-refractivity contribution is -0.0102. The number of carbonyl (C=O) groups excluding carboxylic acids is 1. The lowest BCUT2D eigenvalue weighted by atomic mass is 9.97. The molecule has 1 aliphatic rings. The maximum atomic E-state index is 14.1. The third-order valence-electron chi connectivity index (χ3n) is 6.26. The molecule has 1 aromatic heterocycles. The number of nitrogens with zero attached hydrogens (tertiary/aromatic N) is 2. The van der Waals surface area contributed by atoms with Crippen LogP contribution in [0.1, 0.15) is 35.2 Å². The molecule has 2 heterocycles. The van der Waals surface area contributed by atoms with Crippen LogP contribution in [0.5, 0.6) is 0 Å². The van der Waals surface area contributed by atoms with Crippen LogP contribution in [0, 0.1) is 11.7 Å². The van der Waals surface area contributed by atoms with E-state index in [-0.39, 0.29) is 31.4 Å². The summed E-state index contributed by atoms with van der Waals surface area (Å²) >= 11 is 6.04. The molecule has 0 radical (unpaired) electrons.